The van der Waals surface area contributed by atoms with Gasteiger partial charge in [-0.2, -0.15) is 0 Å². The van der Waals surface area contributed by atoms with Crippen LogP contribution in [0.25, 0.3) is 0 Å². The monoisotopic (exact) mass is 330 g/mol. The first-order valence-corrected chi connectivity index (χ1v) is 9.10. The van der Waals surface area contributed by atoms with Crippen LogP contribution in [-0.4, -0.2) is 73.1 Å². The minimum atomic E-state index is 0.101. The molecule has 0 radical (unpaired) electrons. The zero-order valence-electron chi connectivity index (χ0n) is 14.9. The molecule has 132 valence electrons. The average Bonchev–Trinajstić information content (AvgIpc) is 2.80. The molecule has 2 aliphatic rings. The first-order valence-electron chi connectivity index (χ1n) is 9.10. The lowest BCUT2D eigenvalue weighted by Gasteiger charge is -2.26. The van der Waals surface area contributed by atoms with Crippen LogP contribution in [0.15, 0.2) is 30.3 Å². The van der Waals surface area contributed by atoms with E-state index < -0.39 is 0 Å². The predicted octanol–water partition coefficient (Wildman–Crippen LogP) is 2.00. The molecule has 5 heteroatoms. The number of nitrogens with zero attached hydrogens (tertiary/aromatic N) is 3. The van der Waals surface area contributed by atoms with Crippen molar-refractivity contribution in [3.8, 4) is 0 Å². The number of hydrogen-bond acceptors (Lipinski definition) is 3. The number of carbonyl (C=O) groups is 1. The van der Waals surface area contributed by atoms with Gasteiger partial charge in [0.2, 0.25) is 0 Å². The Morgan fingerprint density at radius 1 is 1.21 bits per heavy atom. The van der Waals surface area contributed by atoms with Crippen LogP contribution in [0.1, 0.15) is 24.8 Å². The summed E-state index contributed by atoms with van der Waals surface area (Å²) in [5.41, 5.74) is 1.30. The van der Waals surface area contributed by atoms with E-state index >= 15 is 0 Å². The smallest absolute Gasteiger partial charge is 0.317 e. The molecule has 2 amide bonds. The Morgan fingerprint density at radius 2 is 1.96 bits per heavy atom. The standard InChI is InChI=1S/C19H30N4O/c1-21(14-16-6-4-3-5-7-16)13-11-20-19(24)23-12-10-17-8-9-18(15-23)22(17)2/h3-7,17-18H,8-15H2,1-2H3,(H,20,24)/t17-,18+/m1/s1. The molecule has 2 heterocycles. The highest BCUT2D eigenvalue weighted by molar-refractivity contribution is 5.74. The largest absolute Gasteiger partial charge is 0.337 e. The molecule has 0 aromatic heterocycles. The maximum Gasteiger partial charge on any atom is 0.317 e. The molecule has 2 aliphatic heterocycles. The first kappa shape index (κ1) is 17.2. The zero-order chi connectivity index (χ0) is 16.9. The average molecular weight is 330 g/mol. The topological polar surface area (TPSA) is 38.8 Å². The van der Waals surface area contributed by atoms with Gasteiger partial charge in [-0.3, -0.25) is 4.90 Å². The maximum absolute atomic E-state index is 12.5. The highest BCUT2D eigenvalue weighted by Gasteiger charge is 2.35. The molecule has 5 nitrogen and oxygen atoms in total. The van der Waals surface area contributed by atoms with E-state index in [1.54, 1.807) is 0 Å². The van der Waals surface area contributed by atoms with Crippen molar-refractivity contribution in [1.29, 1.82) is 0 Å². The highest BCUT2D eigenvalue weighted by atomic mass is 16.2. The summed E-state index contributed by atoms with van der Waals surface area (Å²) in [6, 6.07) is 11.8. The molecular weight excluding hydrogens is 300 g/mol. The van der Waals surface area contributed by atoms with Crippen molar-refractivity contribution in [3.05, 3.63) is 35.9 Å². The van der Waals surface area contributed by atoms with Crippen LogP contribution < -0.4 is 5.32 Å². The third-order valence-corrected chi connectivity index (χ3v) is 5.50. The molecular formula is C19H30N4O. The molecule has 3 rings (SSSR count). The minimum Gasteiger partial charge on any atom is -0.337 e. The van der Waals surface area contributed by atoms with Crippen molar-refractivity contribution in [1.82, 2.24) is 20.0 Å². The Morgan fingerprint density at radius 3 is 2.75 bits per heavy atom. The van der Waals surface area contributed by atoms with Crippen molar-refractivity contribution in [2.24, 2.45) is 0 Å². The number of fused-ring (bicyclic) bond motifs is 2. The van der Waals surface area contributed by atoms with Crippen LogP contribution in [0.3, 0.4) is 0 Å². The number of benzene rings is 1. The van der Waals surface area contributed by atoms with E-state index in [9.17, 15) is 4.79 Å². The zero-order valence-corrected chi connectivity index (χ0v) is 14.9. The third-order valence-electron chi connectivity index (χ3n) is 5.50. The van der Waals surface area contributed by atoms with Crippen LogP contribution in [0, 0.1) is 0 Å². The van der Waals surface area contributed by atoms with E-state index in [1.807, 2.05) is 11.0 Å². The minimum absolute atomic E-state index is 0.101. The maximum atomic E-state index is 12.5. The predicted molar refractivity (Wildman–Crippen MR) is 96.9 cm³/mol. The molecule has 1 aromatic carbocycles. The van der Waals surface area contributed by atoms with Crippen LogP contribution in [0.2, 0.25) is 0 Å². The molecule has 2 saturated heterocycles. The van der Waals surface area contributed by atoms with Crippen molar-refractivity contribution >= 4 is 6.03 Å². The van der Waals surface area contributed by atoms with Gasteiger partial charge < -0.3 is 15.1 Å². The first-order chi connectivity index (χ1) is 11.6. The van der Waals surface area contributed by atoms with E-state index in [1.165, 1.54) is 18.4 Å². The van der Waals surface area contributed by atoms with E-state index in [0.717, 1.165) is 32.6 Å². The summed E-state index contributed by atoms with van der Waals surface area (Å²) in [5.74, 6) is 0. The number of amides is 2. The van der Waals surface area contributed by atoms with Gasteiger partial charge in [-0.25, -0.2) is 4.79 Å². The van der Waals surface area contributed by atoms with Gasteiger partial charge in [0.25, 0.3) is 0 Å². The second kappa shape index (κ2) is 7.99. The van der Waals surface area contributed by atoms with Crippen molar-refractivity contribution in [3.63, 3.8) is 0 Å². The molecule has 1 N–H and O–H groups in total. The van der Waals surface area contributed by atoms with Crippen LogP contribution in [-0.2, 0) is 6.54 Å². The van der Waals surface area contributed by atoms with Gasteiger partial charge in [-0.15, -0.1) is 0 Å². The number of nitrogens with one attached hydrogen (secondary N) is 1. The number of hydrogen-bond donors (Lipinski definition) is 1. The number of likely N-dealkylation sites (tertiary alicyclic amines) is 1. The molecule has 0 saturated carbocycles. The lowest BCUT2D eigenvalue weighted by atomic mass is 10.1. The summed E-state index contributed by atoms with van der Waals surface area (Å²) in [6.07, 6.45) is 3.62. The Bertz CT molecular complexity index is 535. The van der Waals surface area contributed by atoms with E-state index in [4.69, 9.17) is 0 Å². The van der Waals surface area contributed by atoms with Gasteiger partial charge in [0.1, 0.15) is 0 Å². The highest BCUT2D eigenvalue weighted by Crippen LogP contribution is 2.28. The molecule has 0 unspecified atom stereocenters. The quantitative estimate of drug-likeness (QED) is 0.897. The van der Waals surface area contributed by atoms with Gasteiger partial charge in [0.05, 0.1) is 0 Å². The number of urea groups is 1. The SMILES string of the molecule is CN(CCNC(=O)N1CC[C@H]2CC[C@@H](C1)N2C)Cc1ccccc1. The Balaban J connectivity index is 1.39. The van der Waals surface area contributed by atoms with Gasteiger partial charge in [-0.1, -0.05) is 30.3 Å². The number of rotatable bonds is 5. The van der Waals surface area contributed by atoms with Gasteiger partial charge >= 0.3 is 6.03 Å². The molecule has 0 aliphatic carbocycles. The van der Waals surface area contributed by atoms with E-state index in [2.05, 4.69) is 53.5 Å². The number of likely N-dealkylation sites (N-methyl/N-ethyl adjacent to an activating group) is 2. The summed E-state index contributed by atoms with van der Waals surface area (Å²) in [5, 5.41) is 3.10. The van der Waals surface area contributed by atoms with Crippen molar-refractivity contribution < 1.29 is 4.79 Å². The fourth-order valence-electron chi connectivity index (χ4n) is 3.93. The van der Waals surface area contributed by atoms with Crippen molar-refractivity contribution in [2.75, 3.05) is 40.3 Å². The van der Waals surface area contributed by atoms with E-state index in [0.29, 0.717) is 18.6 Å². The molecule has 24 heavy (non-hydrogen) atoms. The molecule has 0 spiro atoms. The fourth-order valence-corrected chi connectivity index (χ4v) is 3.93. The lowest BCUT2D eigenvalue weighted by Crippen LogP contribution is -2.46. The summed E-state index contributed by atoms with van der Waals surface area (Å²) < 4.78 is 0. The van der Waals surface area contributed by atoms with Crippen LogP contribution in [0.5, 0.6) is 0 Å². The second-order valence-electron chi connectivity index (χ2n) is 7.24. The van der Waals surface area contributed by atoms with Crippen LogP contribution in [0.4, 0.5) is 4.79 Å². The second-order valence-corrected chi connectivity index (χ2v) is 7.24. The van der Waals surface area contributed by atoms with E-state index in [-0.39, 0.29) is 6.03 Å². The third kappa shape index (κ3) is 4.28. The Hall–Kier alpha value is -1.59. The summed E-state index contributed by atoms with van der Waals surface area (Å²) in [6.45, 7) is 4.23. The molecule has 2 atom stereocenters. The summed E-state index contributed by atoms with van der Waals surface area (Å²) >= 11 is 0. The molecule has 2 bridgehead atoms. The summed E-state index contributed by atoms with van der Waals surface area (Å²) in [7, 11) is 4.31. The number of carbonyl (C=O) groups excluding carboxylic acids is 1. The van der Waals surface area contributed by atoms with Gasteiger partial charge in [-0.05, 0) is 38.9 Å². The molecule has 2 fully saturated rings. The van der Waals surface area contributed by atoms with Gasteiger partial charge in [0, 0.05) is 44.8 Å². The van der Waals surface area contributed by atoms with Crippen molar-refractivity contribution in [2.45, 2.75) is 37.9 Å². The fraction of sp³-hybridized carbons (Fsp3) is 0.632. The Labute approximate surface area is 145 Å². The summed E-state index contributed by atoms with van der Waals surface area (Å²) in [4.78, 5) is 19.2. The normalized spacial score (nSPS) is 24.2. The van der Waals surface area contributed by atoms with Crippen LogP contribution >= 0.6 is 0 Å². The Kier molecular flexibility index (Phi) is 5.74. The molecule has 1 aromatic rings. The van der Waals surface area contributed by atoms with Gasteiger partial charge in [0.15, 0.2) is 0 Å². The lowest BCUT2D eigenvalue weighted by molar-refractivity contribution is 0.186.